The molecule has 2 aromatic carbocycles. The van der Waals surface area contributed by atoms with Gasteiger partial charge in [0.15, 0.2) is 0 Å². The average molecular weight is 296 g/mol. The van der Waals surface area contributed by atoms with Crippen LogP contribution in [0.1, 0.15) is 49.3 Å². The fraction of sp³-hybridized carbons (Fsp3) is 0.400. The standard InChI is InChI=1S/C20H24O2/c1-2-11-20(17-6-9-18(21)10-7-17)12-3-4-15-13-19(22)8-5-16(15)14-20/h5-10,13,21-22H,2-4,11-12,14H2,1H3. The first-order valence-corrected chi connectivity index (χ1v) is 8.23. The van der Waals surface area contributed by atoms with Crippen LogP contribution >= 0.6 is 0 Å². The second-order valence-electron chi connectivity index (χ2n) is 6.56. The molecule has 0 aliphatic heterocycles. The minimum atomic E-state index is 0.144. The second kappa shape index (κ2) is 6.04. The van der Waals surface area contributed by atoms with Crippen LogP contribution in [0.3, 0.4) is 0 Å². The van der Waals surface area contributed by atoms with E-state index in [1.165, 1.54) is 16.7 Å². The monoisotopic (exact) mass is 296 g/mol. The molecule has 0 radical (unpaired) electrons. The lowest BCUT2D eigenvalue weighted by atomic mass is 9.70. The van der Waals surface area contributed by atoms with Gasteiger partial charge in [0.05, 0.1) is 0 Å². The molecule has 2 heteroatoms. The molecular formula is C20H24O2. The van der Waals surface area contributed by atoms with Gasteiger partial charge in [-0.3, -0.25) is 0 Å². The van der Waals surface area contributed by atoms with Crippen LogP contribution in [-0.4, -0.2) is 10.2 Å². The predicted octanol–water partition coefficient (Wildman–Crippen LogP) is 4.71. The minimum absolute atomic E-state index is 0.144. The normalized spacial score (nSPS) is 21.1. The SMILES string of the molecule is CCCC1(c2ccc(O)cc2)CCCc2cc(O)ccc2C1. The van der Waals surface area contributed by atoms with Gasteiger partial charge < -0.3 is 10.2 Å². The number of fused-ring (bicyclic) bond motifs is 1. The molecule has 1 atom stereocenters. The third-order valence-electron chi connectivity index (χ3n) is 5.03. The molecule has 0 fully saturated rings. The van der Waals surface area contributed by atoms with Crippen LogP contribution in [0.25, 0.3) is 0 Å². The largest absolute Gasteiger partial charge is 0.508 e. The fourth-order valence-corrected chi connectivity index (χ4v) is 3.99. The summed E-state index contributed by atoms with van der Waals surface area (Å²) in [6.45, 7) is 2.24. The van der Waals surface area contributed by atoms with Crippen molar-refractivity contribution in [1.82, 2.24) is 0 Å². The molecule has 0 heterocycles. The van der Waals surface area contributed by atoms with Crippen molar-refractivity contribution in [1.29, 1.82) is 0 Å². The van der Waals surface area contributed by atoms with Crippen LogP contribution in [0.15, 0.2) is 42.5 Å². The molecule has 2 nitrogen and oxygen atoms in total. The molecule has 0 amide bonds. The van der Waals surface area contributed by atoms with Gasteiger partial charge in [-0.2, -0.15) is 0 Å². The summed E-state index contributed by atoms with van der Waals surface area (Å²) in [6, 6.07) is 13.6. The van der Waals surface area contributed by atoms with Crippen molar-refractivity contribution in [3.63, 3.8) is 0 Å². The third-order valence-corrected chi connectivity index (χ3v) is 5.03. The molecular weight excluding hydrogens is 272 g/mol. The Morgan fingerprint density at radius 1 is 0.955 bits per heavy atom. The molecule has 2 aromatic rings. The number of aryl methyl sites for hydroxylation is 1. The zero-order valence-corrected chi connectivity index (χ0v) is 13.2. The Balaban J connectivity index is 2.03. The predicted molar refractivity (Wildman–Crippen MR) is 89.4 cm³/mol. The topological polar surface area (TPSA) is 40.5 Å². The lowest BCUT2D eigenvalue weighted by molar-refractivity contribution is 0.355. The summed E-state index contributed by atoms with van der Waals surface area (Å²) in [5.74, 6) is 0.695. The molecule has 1 unspecified atom stereocenters. The highest BCUT2D eigenvalue weighted by atomic mass is 16.3. The summed E-state index contributed by atoms with van der Waals surface area (Å²) in [6.07, 6.45) is 6.64. The van der Waals surface area contributed by atoms with Gasteiger partial charge in [-0.15, -0.1) is 0 Å². The second-order valence-corrected chi connectivity index (χ2v) is 6.56. The van der Waals surface area contributed by atoms with Crippen LogP contribution in [0.5, 0.6) is 11.5 Å². The summed E-state index contributed by atoms with van der Waals surface area (Å²) < 4.78 is 0. The molecule has 1 aliphatic carbocycles. The summed E-state index contributed by atoms with van der Waals surface area (Å²) in [5.41, 5.74) is 4.12. The maximum absolute atomic E-state index is 9.73. The van der Waals surface area contributed by atoms with E-state index < -0.39 is 0 Å². The highest BCUT2D eigenvalue weighted by Crippen LogP contribution is 2.42. The zero-order chi connectivity index (χ0) is 15.6. The molecule has 3 rings (SSSR count). The van der Waals surface area contributed by atoms with E-state index in [1.807, 2.05) is 6.07 Å². The van der Waals surface area contributed by atoms with Crippen LogP contribution in [-0.2, 0) is 18.3 Å². The Morgan fingerprint density at radius 3 is 2.41 bits per heavy atom. The van der Waals surface area contributed by atoms with Crippen molar-refractivity contribution in [2.75, 3.05) is 0 Å². The van der Waals surface area contributed by atoms with Crippen molar-refractivity contribution in [2.24, 2.45) is 0 Å². The van der Waals surface area contributed by atoms with Gasteiger partial charge in [0.1, 0.15) is 11.5 Å². The van der Waals surface area contributed by atoms with Crippen LogP contribution < -0.4 is 0 Å². The highest BCUT2D eigenvalue weighted by molar-refractivity contribution is 5.40. The summed E-state index contributed by atoms with van der Waals surface area (Å²) in [4.78, 5) is 0. The van der Waals surface area contributed by atoms with Crippen LogP contribution in [0, 0.1) is 0 Å². The molecule has 0 bridgehead atoms. The van der Waals surface area contributed by atoms with Crippen molar-refractivity contribution in [3.8, 4) is 11.5 Å². The van der Waals surface area contributed by atoms with Crippen molar-refractivity contribution in [3.05, 3.63) is 59.2 Å². The van der Waals surface area contributed by atoms with E-state index in [-0.39, 0.29) is 5.41 Å². The zero-order valence-electron chi connectivity index (χ0n) is 13.2. The van der Waals surface area contributed by atoms with Gasteiger partial charge in [0.25, 0.3) is 0 Å². The number of phenols is 2. The maximum Gasteiger partial charge on any atom is 0.115 e. The summed E-state index contributed by atoms with van der Waals surface area (Å²) in [5, 5.41) is 19.3. The highest BCUT2D eigenvalue weighted by Gasteiger charge is 2.33. The molecule has 1 aliphatic rings. The Labute approximate surface area is 132 Å². The lowest BCUT2D eigenvalue weighted by Crippen LogP contribution is -2.28. The van der Waals surface area contributed by atoms with Gasteiger partial charge in [0.2, 0.25) is 0 Å². The van der Waals surface area contributed by atoms with E-state index in [4.69, 9.17) is 0 Å². The van der Waals surface area contributed by atoms with Gasteiger partial charge in [-0.05, 0) is 78.5 Å². The summed E-state index contributed by atoms with van der Waals surface area (Å²) in [7, 11) is 0. The average Bonchev–Trinajstić information content (AvgIpc) is 2.68. The first-order chi connectivity index (χ1) is 10.6. The van der Waals surface area contributed by atoms with Gasteiger partial charge in [-0.25, -0.2) is 0 Å². The number of phenolic OH excluding ortho intramolecular Hbond substituents is 2. The van der Waals surface area contributed by atoms with E-state index in [1.54, 1.807) is 18.2 Å². The van der Waals surface area contributed by atoms with E-state index in [0.29, 0.717) is 11.5 Å². The van der Waals surface area contributed by atoms with Crippen molar-refractivity contribution >= 4 is 0 Å². The van der Waals surface area contributed by atoms with Gasteiger partial charge >= 0.3 is 0 Å². The van der Waals surface area contributed by atoms with Crippen molar-refractivity contribution < 1.29 is 10.2 Å². The fourth-order valence-electron chi connectivity index (χ4n) is 3.99. The van der Waals surface area contributed by atoms with Crippen LogP contribution in [0.4, 0.5) is 0 Å². The van der Waals surface area contributed by atoms with E-state index in [2.05, 4.69) is 25.1 Å². The molecule has 2 N–H and O–H groups in total. The Bertz CT molecular complexity index is 645. The molecule has 0 aromatic heterocycles. The van der Waals surface area contributed by atoms with E-state index >= 15 is 0 Å². The number of hydrogen-bond donors (Lipinski definition) is 2. The smallest absolute Gasteiger partial charge is 0.115 e. The van der Waals surface area contributed by atoms with Gasteiger partial charge in [-0.1, -0.05) is 31.5 Å². The Morgan fingerprint density at radius 2 is 1.68 bits per heavy atom. The lowest BCUT2D eigenvalue weighted by Gasteiger charge is -2.34. The summed E-state index contributed by atoms with van der Waals surface area (Å²) >= 11 is 0. The van der Waals surface area contributed by atoms with E-state index in [0.717, 1.165) is 38.5 Å². The van der Waals surface area contributed by atoms with Crippen molar-refractivity contribution in [2.45, 2.75) is 50.9 Å². The Hall–Kier alpha value is -1.96. The molecule has 0 saturated heterocycles. The molecule has 116 valence electrons. The van der Waals surface area contributed by atoms with Crippen LogP contribution in [0.2, 0.25) is 0 Å². The third kappa shape index (κ3) is 2.83. The quantitative estimate of drug-likeness (QED) is 0.805. The first-order valence-electron chi connectivity index (χ1n) is 8.23. The molecule has 0 spiro atoms. The minimum Gasteiger partial charge on any atom is -0.508 e. The Kier molecular flexibility index (Phi) is 4.10. The number of hydrogen-bond acceptors (Lipinski definition) is 2. The molecule has 0 saturated carbocycles. The number of aromatic hydroxyl groups is 2. The van der Waals surface area contributed by atoms with Gasteiger partial charge in [0, 0.05) is 0 Å². The first kappa shape index (κ1) is 15.0. The molecule has 22 heavy (non-hydrogen) atoms. The maximum atomic E-state index is 9.73. The van der Waals surface area contributed by atoms with E-state index in [9.17, 15) is 10.2 Å². The number of rotatable bonds is 3. The number of benzene rings is 2.